The van der Waals surface area contributed by atoms with Gasteiger partial charge in [0.1, 0.15) is 28.7 Å². The van der Waals surface area contributed by atoms with Gasteiger partial charge >= 0.3 is 0 Å². The van der Waals surface area contributed by atoms with Crippen LogP contribution in [0, 0.1) is 11.6 Å². The van der Waals surface area contributed by atoms with Crippen LogP contribution in [0.3, 0.4) is 0 Å². The van der Waals surface area contributed by atoms with Gasteiger partial charge < -0.3 is 14.9 Å². The normalized spacial score (nSPS) is 14.7. The Hall–Kier alpha value is -3.00. The van der Waals surface area contributed by atoms with Gasteiger partial charge in [-0.3, -0.25) is 4.79 Å². The summed E-state index contributed by atoms with van der Waals surface area (Å²) in [5.74, 6) is -0.997. The molecule has 6 nitrogen and oxygen atoms in total. The summed E-state index contributed by atoms with van der Waals surface area (Å²) in [6.45, 7) is 9.71. The first kappa shape index (κ1) is 24.1. The fraction of sp³-hybridized carbons (Fsp3) is 0.400. The third-order valence-electron chi connectivity index (χ3n) is 6.01. The van der Waals surface area contributed by atoms with Gasteiger partial charge in [0.2, 0.25) is 5.91 Å². The van der Waals surface area contributed by atoms with E-state index in [2.05, 4.69) is 4.98 Å². The molecule has 4 rings (SSSR count). The van der Waals surface area contributed by atoms with Crippen molar-refractivity contribution in [2.45, 2.75) is 39.5 Å². The number of benzene rings is 2. The first-order chi connectivity index (χ1) is 16.0. The number of fused-ring (bicyclic) bond motifs is 1. The average Bonchev–Trinajstić information content (AvgIpc) is 2.79. The SMILES string of the molecule is CCC(=O)N1CCN(c2nc(C(C)(C)C)nc3c(F)c(-c4c(O)cccc4F)c(Cl)cc23)CC1. The van der Waals surface area contributed by atoms with Gasteiger partial charge in [0.05, 0.1) is 10.6 Å². The van der Waals surface area contributed by atoms with Crippen LogP contribution in [0.15, 0.2) is 24.3 Å². The molecule has 180 valence electrons. The van der Waals surface area contributed by atoms with Crippen molar-refractivity contribution in [3.8, 4) is 16.9 Å². The van der Waals surface area contributed by atoms with Crippen molar-refractivity contribution in [3.63, 3.8) is 0 Å². The quantitative estimate of drug-likeness (QED) is 0.542. The number of amides is 1. The molecule has 0 bridgehead atoms. The number of phenolic OH excluding ortho intramolecular Hbond substituents is 1. The number of aromatic hydroxyl groups is 1. The van der Waals surface area contributed by atoms with E-state index in [0.29, 0.717) is 49.6 Å². The summed E-state index contributed by atoms with van der Waals surface area (Å²) in [6.07, 6.45) is 0.442. The van der Waals surface area contributed by atoms with Crippen LogP contribution in [0.2, 0.25) is 5.02 Å². The van der Waals surface area contributed by atoms with Crippen molar-refractivity contribution < 1.29 is 18.7 Å². The Bertz CT molecular complexity index is 1250. The summed E-state index contributed by atoms with van der Waals surface area (Å²) >= 11 is 6.47. The molecule has 0 saturated carbocycles. The molecule has 2 aromatic carbocycles. The highest BCUT2D eigenvalue weighted by atomic mass is 35.5. The second-order valence-electron chi connectivity index (χ2n) is 9.42. The van der Waals surface area contributed by atoms with E-state index in [-0.39, 0.29) is 27.6 Å². The van der Waals surface area contributed by atoms with Gasteiger partial charge in [-0.2, -0.15) is 0 Å². The van der Waals surface area contributed by atoms with E-state index in [1.165, 1.54) is 18.2 Å². The summed E-state index contributed by atoms with van der Waals surface area (Å²) in [4.78, 5) is 25.2. The number of nitrogens with zero attached hydrogens (tertiary/aromatic N) is 4. The number of aromatic nitrogens is 2. The molecule has 0 aliphatic carbocycles. The minimum atomic E-state index is -0.822. The van der Waals surface area contributed by atoms with Gasteiger partial charge in [-0.25, -0.2) is 18.7 Å². The van der Waals surface area contributed by atoms with Crippen molar-refractivity contribution >= 4 is 34.2 Å². The molecule has 1 aliphatic rings. The van der Waals surface area contributed by atoms with E-state index in [9.17, 15) is 14.3 Å². The summed E-state index contributed by atoms with van der Waals surface area (Å²) in [7, 11) is 0. The van der Waals surface area contributed by atoms with Gasteiger partial charge in [0.15, 0.2) is 5.82 Å². The van der Waals surface area contributed by atoms with E-state index in [1.54, 1.807) is 4.90 Å². The highest BCUT2D eigenvalue weighted by Crippen LogP contribution is 2.42. The van der Waals surface area contributed by atoms with Gasteiger partial charge in [-0.05, 0) is 18.2 Å². The number of phenols is 1. The predicted molar refractivity (Wildman–Crippen MR) is 129 cm³/mol. The van der Waals surface area contributed by atoms with Crippen molar-refractivity contribution in [2.75, 3.05) is 31.1 Å². The van der Waals surface area contributed by atoms with Crippen molar-refractivity contribution in [3.05, 3.63) is 46.7 Å². The number of rotatable bonds is 3. The smallest absolute Gasteiger partial charge is 0.222 e. The van der Waals surface area contributed by atoms with Crippen LogP contribution in [0.5, 0.6) is 5.75 Å². The number of halogens is 3. The van der Waals surface area contributed by atoms with E-state index in [1.807, 2.05) is 32.6 Å². The second-order valence-corrected chi connectivity index (χ2v) is 9.83. The van der Waals surface area contributed by atoms with Gasteiger partial charge in [0.25, 0.3) is 0 Å². The molecule has 1 amide bonds. The minimum absolute atomic E-state index is 0.00374. The molecule has 9 heteroatoms. The number of piperazine rings is 1. The van der Waals surface area contributed by atoms with E-state index < -0.39 is 22.8 Å². The largest absolute Gasteiger partial charge is 0.507 e. The van der Waals surface area contributed by atoms with Crippen LogP contribution >= 0.6 is 11.6 Å². The van der Waals surface area contributed by atoms with Gasteiger partial charge in [0, 0.05) is 49.0 Å². The monoisotopic (exact) mass is 488 g/mol. The molecule has 0 spiro atoms. The van der Waals surface area contributed by atoms with Crippen LogP contribution in [-0.2, 0) is 10.2 Å². The number of carbonyl (C=O) groups excluding carboxylic acids is 1. The molecule has 0 unspecified atom stereocenters. The Labute approximate surface area is 202 Å². The maximum Gasteiger partial charge on any atom is 0.222 e. The van der Waals surface area contributed by atoms with Crippen LogP contribution in [0.1, 0.15) is 39.9 Å². The summed E-state index contributed by atoms with van der Waals surface area (Å²) < 4.78 is 30.6. The van der Waals surface area contributed by atoms with Crippen LogP contribution in [-0.4, -0.2) is 52.1 Å². The van der Waals surface area contributed by atoms with Crippen LogP contribution in [0.4, 0.5) is 14.6 Å². The third-order valence-corrected chi connectivity index (χ3v) is 6.31. The number of carbonyl (C=O) groups is 1. The zero-order valence-corrected chi connectivity index (χ0v) is 20.4. The average molecular weight is 489 g/mol. The molecule has 1 N–H and O–H groups in total. The first-order valence-electron chi connectivity index (χ1n) is 11.2. The Balaban J connectivity index is 1.91. The molecule has 0 atom stereocenters. The topological polar surface area (TPSA) is 69.6 Å². The second kappa shape index (κ2) is 8.98. The lowest BCUT2D eigenvalue weighted by Crippen LogP contribution is -2.49. The Morgan fingerprint density at radius 2 is 1.79 bits per heavy atom. The Morgan fingerprint density at radius 3 is 2.38 bits per heavy atom. The summed E-state index contributed by atoms with van der Waals surface area (Å²) in [5, 5.41) is 10.6. The Kier molecular flexibility index (Phi) is 6.38. The lowest BCUT2D eigenvalue weighted by Gasteiger charge is -2.36. The summed E-state index contributed by atoms with van der Waals surface area (Å²) in [5.41, 5.74) is -1.04. The van der Waals surface area contributed by atoms with E-state index >= 15 is 4.39 Å². The molecule has 3 aromatic rings. The lowest BCUT2D eigenvalue weighted by molar-refractivity contribution is -0.131. The zero-order chi connectivity index (χ0) is 24.8. The third kappa shape index (κ3) is 4.27. The molecule has 1 aliphatic heterocycles. The first-order valence-corrected chi connectivity index (χ1v) is 11.6. The van der Waals surface area contributed by atoms with Crippen LogP contribution < -0.4 is 4.90 Å². The molecule has 1 aromatic heterocycles. The number of anilines is 1. The maximum atomic E-state index is 16.0. The predicted octanol–water partition coefficient (Wildman–Crippen LogP) is 5.29. The van der Waals surface area contributed by atoms with E-state index in [0.717, 1.165) is 6.07 Å². The zero-order valence-electron chi connectivity index (χ0n) is 19.6. The fourth-order valence-corrected chi connectivity index (χ4v) is 4.42. The molecule has 34 heavy (non-hydrogen) atoms. The lowest BCUT2D eigenvalue weighted by atomic mass is 9.95. The van der Waals surface area contributed by atoms with Crippen LogP contribution in [0.25, 0.3) is 22.0 Å². The maximum absolute atomic E-state index is 16.0. The highest BCUT2D eigenvalue weighted by Gasteiger charge is 2.29. The van der Waals surface area contributed by atoms with Gasteiger partial charge in [-0.1, -0.05) is 45.4 Å². The molecule has 1 fully saturated rings. The molecule has 1 saturated heterocycles. The molecule has 2 heterocycles. The van der Waals surface area contributed by atoms with Crippen molar-refractivity contribution in [1.82, 2.24) is 14.9 Å². The molecular weight excluding hydrogens is 462 g/mol. The van der Waals surface area contributed by atoms with E-state index in [4.69, 9.17) is 16.6 Å². The number of hydrogen-bond donors (Lipinski definition) is 1. The van der Waals surface area contributed by atoms with Crippen molar-refractivity contribution in [1.29, 1.82) is 0 Å². The fourth-order valence-electron chi connectivity index (χ4n) is 4.14. The highest BCUT2D eigenvalue weighted by molar-refractivity contribution is 6.34. The molecule has 0 radical (unpaired) electrons. The summed E-state index contributed by atoms with van der Waals surface area (Å²) in [6, 6.07) is 5.27. The van der Waals surface area contributed by atoms with Crippen molar-refractivity contribution in [2.24, 2.45) is 0 Å². The molecular formula is C25H27ClF2N4O2. The minimum Gasteiger partial charge on any atom is -0.507 e. The number of hydrogen-bond acceptors (Lipinski definition) is 5. The Morgan fingerprint density at radius 1 is 1.12 bits per heavy atom. The standard InChI is InChI=1S/C25H27ClF2N4O2/c1-5-18(34)31-9-11-32(12-10-31)23-14-13-15(26)19(20-16(27)7-6-8-17(20)33)21(28)22(14)29-24(30-23)25(2,3)4/h6-8,13,33H,5,9-12H2,1-4H3. The van der Waals surface area contributed by atoms with Gasteiger partial charge in [-0.15, -0.1) is 0 Å².